The van der Waals surface area contributed by atoms with Crippen molar-refractivity contribution in [1.29, 1.82) is 0 Å². The van der Waals surface area contributed by atoms with Crippen LogP contribution in [0, 0.1) is 0 Å². The van der Waals surface area contributed by atoms with Crippen LogP contribution >= 0.6 is 0 Å². The fourth-order valence-corrected chi connectivity index (χ4v) is 1.25. The molecule has 0 fully saturated rings. The molecule has 0 aliphatic heterocycles. The Kier molecular flexibility index (Phi) is 5.12. The molecule has 3 heteroatoms. The monoisotopic (exact) mass is 219 g/mol. The number of anilines is 1. The van der Waals surface area contributed by atoms with Crippen LogP contribution in [0.25, 0.3) is 0 Å². The van der Waals surface area contributed by atoms with E-state index in [0.29, 0.717) is 6.61 Å². The van der Waals surface area contributed by atoms with Gasteiger partial charge in [-0.1, -0.05) is 30.4 Å². The summed E-state index contributed by atoms with van der Waals surface area (Å²) in [7, 11) is 1.87. The smallest absolute Gasteiger partial charge is 0.325 e. The molecule has 0 aliphatic carbocycles. The van der Waals surface area contributed by atoms with Crippen molar-refractivity contribution in [1.82, 2.24) is 0 Å². The Labute approximate surface area is 96.3 Å². The molecule has 0 bridgehead atoms. The summed E-state index contributed by atoms with van der Waals surface area (Å²) in [5.74, 6) is -0.218. The van der Waals surface area contributed by atoms with Gasteiger partial charge in [-0.2, -0.15) is 0 Å². The maximum Gasteiger partial charge on any atom is 0.325 e. The zero-order chi connectivity index (χ0) is 11.8. The van der Waals surface area contributed by atoms with E-state index >= 15 is 0 Å². The predicted molar refractivity (Wildman–Crippen MR) is 65.5 cm³/mol. The van der Waals surface area contributed by atoms with Gasteiger partial charge in [0.15, 0.2) is 0 Å². The third-order valence-corrected chi connectivity index (χ3v) is 2.14. The normalized spacial score (nSPS) is 10.4. The number of para-hydroxylation sites is 1. The lowest BCUT2D eigenvalue weighted by Crippen LogP contribution is -2.27. The van der Waals surface area contributed by atoms with Crippen molar-refractivity contribution in [2.24, 2.45) is 0 Å². The van der Waals surface area contributed by atoms with Gasteiger partial charge in [-0.3, -0.25) is 4.79 Å². The van der Waals surface area contributed by atoms with Crippen LogP contribution in [0.3, 0.4) is 0 Å². The first kappa shape index (κ1) is 12.3. The fourth-order valence-electron chi connectivity index (χ4n) is 1.25. The number of allylic oxidation sites excluding steroid dienone is 1. The lowest BCUT2D eigenvalue weighted by molar-refractivity contribution is -0.140. The third-order valence-electron chi connectivity index (χ3n) is 2.14. The molecule has 0 unspecified atom stereocenters. The van der Waals surface area contributed by atoms with Crippen molar-refractivity contribution in [3.05, 3.63) is 42.5 Å². The predicted octanol–water partition coefficient (Wildman–Crippen LogP) is 2.24. The number of carbonyl (C=O) groups is 1. The summed E-state index contributed by atoms with van der Waals surface area (Å²) in [5, 5.41) is 0. The molecule has 1 rings (SSSR count). The molecule has 86 valence electrons. The molecule has 0 atom stereocenters. The van der Waals surface area contributed by atoms with E-state index in [1.807, 2.05) is 55.3 Å². The minimum atomic E-state index is -0.218. The molecule has 3 nitrogen and oxygen atoms in total. The maximum atomic E-state index is 11.4. The number of hydrogen-bond acceptors (Lipinski definition) is 3. The maximum absolute atomic E-state index is 11.4. The van der Waals surface area contributed by atoms with Gasteiger partial charge < -0.3 is 9.64 Å². The van der Waals surface area contributed by atoms with Gasteiger partial charge in [0, 0.05) is 12.7 Å². The number of nitrogens with zero attached hydrogens (tertiary/aromatic N) is 1. The second-order valence-corrected chi connectivity index (χ2v) is 3.44. The highest BCUT2D eigenvalue weighted by Crippen LogP contribution is 2.10. The number of benzene rings is 1. The summed E-state index contributed by atoms with van der Waals surface area (Å²) in [4.78, 5) is 13.3. The van der Waals surface area contributed by atoms with Crippen LogP contribution < -0.4 is 4.90 Å². The summed E-state index contributed by atoms with van der Waals surface area (Å²) in [6.45, 7) is 2.50. The first-order valence-corrected chi connectivity index (χ1v) is 5.27. The second-order valence-electron chi connectivity index (χ2n) is 3.44. The van der Waals surface area contributed by atoms with Crippen LogP contribution in [0.2, 0.25) is 0 Å². The van der Waals surface area contributed by atoms with Crippen LogP contribution in [-0.2, 0) is 9.53 Å². The van der Waals surface area contributed by atoms with E-state index in [9.17, 15) is 4.79 Å². The third kappa shape index (κ3) is 4.17. The highest BCUT2D eigenvalue weighted by Gasteiger charge is 2.07. The van der Waals surface area contributed by atoms with E-state index in [-0.39, 0.29) is 12.5 Å². The molecule has 1 aromatic carbocycles. The first-order valence-electron chi connectivity index (χ1n) is 5.27. The summed E-state index contributed by atoms with van der Waals surface area (Å²) < 4.78 is 5.01. The van der Waals surface area contributed by atoms with Gasteiger partial charge in [-0.15, -0.1) is 0 Å². The SMILES string of the molecule is C/C=C/COC(=O)CN(C)c1ccccc1. The molecule has 1 aromatic rings. The average Bonchev–Trinajstić information content (AvgIpc) is 2.30. The van der Waals surface area contributed by atoms with Crippen molar-refractivity contribution in [2.45, 2.75) is 6.92 Å². The molecule has 0 N–H and O–H groups in total. The van der Waals surface area contributed by atoms with E-state index in [1.165, 1.54) is 0 Å². The minimum absolute atomic E-state index is 0.218. The Hall–Kier alpha value is -1.77. The molecule has 0 aromatic heterocycles. The molecule has 0 saturated heterocycles. The van der Waals surface area contributed by atoms with E-state index in [2.05, 4.69) is 0 Å². The van der Waals surface area contributed by atoms with Crippen molar-refractivity contribution in [3.8, 4) is 0 Å². The number of rotatable bonds is 5. The van der Waals surface area contributed by atoms with E-state index < -0.39 is 0 Å². The van der Waals surface area contributed by atoms with Crippen molar-refractivity contribution in [2.75, 3.05) is 25.1 Å². The van der Waals surface area contributed by atoms with Crippen LogP contribution in [0.15, 0.2) is 42.5 Å². The Bertz CT molecular complexity index is 346. The van der Waals surface area contributed by atoms with Crippen molar-refractivity contribution >= 4 is 11.7 Å². The highest BCUT2D eigenvalue weighted by atomic mass is 16.5. The lowest BCUT2D eigenvalue weighted by atomic mass is 10.3. The van der Waals surface area contributed by atoms with E-state index in [4.69, 9.17) is 4.74 Å². The number of carbonyl (C=O) groups excluding carboxylic acids is 1. The molecule has 0 spiro atoms. The zero-order valence-corrected chi connectivity index (χ0v) is 9.72. The Morgan fingerprint density at radius 3 is 2.69 bits per heavy atom. The van der Waals surface area contributed by atoms with Gasteiger partial charge in [-0.05, 0) is 19.1 Å². The second kappa shape index (κ2) is 6.67. The van der Waals surface area contributed by atoms with E-state index in [1.54, 1.807) is 6.08 Å². The fraction of sp³-hybridized carbons (Fsp3) is 0.308. The topological polar surface area (TPSA) is 29.5 Å². The van der Waals surface area contributed by atoms with Crippen molar-refractivity contribution < 1.29 is 9.53 Å². The van der Waals surface area contributed by atoms with Crippen LogP contribution in [0.4, 0.5) is 5.69 Å². The Morgan fingerprint density at radius 2 is 2.06 bits per heavy atom. The average molecular weight is 219 g/mol. The summed E-state index contributed by atoms with van der Waals surface area (Å²) >= 11 is 0. The quantitative estimate of drug-likeness (QED) is 0.562. The zero-order valence-electron chi connectivity index (χ0n) is 9.72. The van der Waals surface area contributed by atoms with Gasteiger partial charge in [0.05, 0.1) is 0 Å². The number of esters is 1. The van der Waals surface area contributed by atoms with Crippen molar-refractivity contribution in [3.63, 3.8) is 0 Å². The van der Waals surface area contributed by atoms with E-state index in [0.717, 1.165) is 5.69 Å². The van der Waals surface area contributed by atoms with Crippen LogP contribution in [0.1, 0.15) is 6.92 Å². The first-order chi connectivity index (χ1) is 7.74. The molecular weight excluding hydrogens is 202 g/mol. The number of likely N-dealkylation sites (N-methyl/N-ethyl adjacent to an activating group) is 1. The lowest BCUT2D eigenvalue weighted by Gasteiger charge is -2.17. The summed E-state index contributed by atoms with van der Waals surface area (Å²) in [5.41, 5.74) is 1.01. The minimum Gasteiger partial charge on any atom is -0.460 e. The van der Waals surface area contributed by atoms with Crippen LogP contribution in [0.5, 0.6) is 0 Å². The summed E-state index contributed by atoms with van der Waals surface area (Å²) in [6.07, 6.45) is 3.66. The van der Waals surface area contributed by atoms with Gasteiger partial charge >= 0.3 is 5.97 Å². The molecular formula is C13H17NO2. The van der Waals surface area contributed by atoms with Gasteiger partial charge in [0.1, 0.15) is 13.2 Å². The molecule has 0 amide bonds. The molecule has 16 heavy (non-hydrogen) atoms. The van der Waals surface area contributed by atoms with Crippen LogP contribution in [-0.4, -0.2) is 26.2 Å². The largest absolute Gasteiger partial charge is 0.460 e. The molecule has 0 aliphatic rings. The standard InChI is InChI=1S/C13H17NO2/c1-3-4-10-16-13(15)11-14(2)12-8-6-5-7-9-12/h3-9H,10-11H2,1-2H3/b4-3+. The molecule has 0 radical (unpaired) electrons. The number of hydrogen-bond donors (Lipinski definition) is 0. The summed E-state index contributed by atoms with van der Waals surface area (Å²) in [6, 6.07) is 9.74. The van der Waals surface area contributed by atoms with Gasteiger partial charge in [-0.25, -0.2) is 0 Å². The number of ether oxygens (including phenoxy) is 1. The molecule has 0 saturated carbocycles. The highest BCUT2D eigenvalue weighted by molar-refractivity contribution is 5.75. The molecule has 0 heterocycles. The Morgan fingerprint density at radius 1 is 1.38 bits per heavy atom. The Balaban J connectivity index is 2.39. The van der Waals surface area contributed by atoms with Gasteiger partial charge in [0.2, 0.25) is 0 Å². The van der Waals surface area contributed by atoms with Gasteiger partial charge in [0.25, 0.3) is 0 Å².